The first kappa shape index (κ1) is 22.2. The molecule has 2 aromatic carbocycles. The van der Waals surface area contributed by atoms with Gasteiger partial charge in [-0.2, -0.15) is 0 Å². The molecule has 9 nitrogen and oxygen atoms in total. The molecular weight excluding hydrogens is 440 g/mol. The summed E-state index contributed by atoms with van der Waals surface area (Å²) in [5, 5.41) is 9.14. The minimum Gasteiger partial charge on any atom is -0.497 e. The van der Waals surface area contributed by atoms with Crippen molar-refractivity contribution < 1.29 is 22.5 Å². The highest BCUT2D eigenvalue weighted by Gasteiger charge is 2.16. The van der Waals surface area contributed by atoms with Gasteiger partial charge in [-0.05, 0) is 61.1 Å². The number of carbonyl (C=O) groups is 1. The first-order chi connectivity index (χ1) is 14.7. The molecule has 0 saturated heterocycles. The topological polar surface area (TPSA) is 123 Å². The van der Waals surface area contributed by atoms with Crippen molar-refractivity contribution in [3.05, 3.63) is 65.9 Å². The maximum absolute atomic E-state index is 12.4. The van der Waals surface area contributed by atoms with Crippen LogP contribution in [0.2, 0.25) is 0 Å². The smallest absolute Gasteiger partial charge is 0.263 e. The van der Waals surface area contributed by atoms with Crippen molar-refractivity contribution in [2.24, 2.45) is 0 Å². The van der Waals surface area contributed by atoms with Crippen molar-refractivity contribution in [2.75, 3.05) is 17.1 Å². The molecule has 0 radical (unpaired) electrons. The van der Waals surface area contributed by atoms with Gasteiger partial charge in [-0.3, -0.25) is 9.52 Å². The zero-order valence-corrected chi connectivity index (χ0v) is 18.3. The van der Waals surface area contributed by atoms with Gasteiger partial charge in [-0.25, -0.2) is 8.42 Å². The van der Waals surface area contributed by atoms with Gasteiger partial charge in [0.15, 0.2) is 10.9 Å². The van der Waals surface area contributed by atoms with Gasteiger partial charge in [0.05, 0.1) is 18.4 Å². The second kappa shape index (κ2) is 9.58. The maximum atomic E-state index is 12.4. The number of rotatable bonds is 7. The van der Waals surface area contributed by atoms with Gasteiger partial charge in [-0.15, -0.1) is 0 Å². The quantitative estimate of drug-likeness (QED) is 0.460. The molecule has 0 bridgehead atoms. The number of anilines is 2. The molecule has 0 aliphatic rings. The number of ether oxygens (including phenoxy) is 1. The summed E-state index contributed by atoms with van der Waals surface area (Å²) in [6.07, 6.45) is 0.149. The van der Waals surface area contributed by atoms with Crippen LogP contribution in [0.3, 0.4) is 0 Å². The van der Waals surface area contributed by atoms with Crippen molar-refractivity contribution in [2.45, 2.75) is 18.2 Å². The standard InChI is InChI=1S/C20H20N4O5S2/c1-13-11-18(23-29-13)24-31(26,27)17-9-5-15(6-10-17)21-20(30)22-19(25)12-14-3-7-16(28-2)8-4-14/h3-11H,12H2,1-2H3,(H,23,24)(H2,21,22,25,30). The lowest BCUT2D eigenvalue weighted by molar-refractivity contribution is -0.119. The Labute approximate surface area is 184 Å². The Morgan fingerprint density at radius 3 is 2.39 bits per heavy atom. The van der Waals surface area contributed by atoms with Crippen LogP contribution < -0.4 is 20.1 Å². The van der Waals surface area contributed by atoms with E-state index in [4.69, 9.17) is 21.5 Å². The molecule has 3 rings (SSSR count). The number of benzene rings is 2. The van der Waals surface area contributed by atoms with Gasteiger partial charge in [0.2, 0.25) is 5.91 Å². The number of hydrogen-bond acceptors (Lipinski definition) is 7. The molecule has 0 aliphatic carbocycles. The van der Waals surface area contributed by atoms with Crippen molar-refractivity contribution in [1.29, 1.82) is 0 Å². The van der Waals surface area contributed by atoms with Crippen molar-refractivity contribution in [1.82, 2.24) is 10.5 Å². The first-order valence-corrected chi connectivity index (χ1v) is 10.9. The van der Waals surface area contributed by atoms with E-state index in [0.717, 1.165) is 5.56 Å². The fraction of sp³-hybridized carbons (Fsp3) is 0.150. The van der Waals surface area contributed by atoms with Crippen LogP contribution in [0.1, 0.15) is 11.3 Å². The van der Waals surface area contributed by atoms with Crippen LogP contribution in [0, 0.1) is 6.92 Å². The number of carbonyl (C=O) groups excluding carboxylic acids is 1. The summed E-state index contributed by atoms with van der Waals surface area (Å²) in [7, 11) is -2.24. The SMILES string of the molecule is COc1ccc(CC(=O)NC(=S)Nc2ccc(S(=O)(=O)Nc3cc(C)on3)cc2)cc1. The fourth-order valence-corrected chi connectivity index (χ4v) is 3.81. The Balaban J connectivity index is 1.54. The van der Waals surface area contributed by atoms with Gasteiger partial charge in [0.25, 0.3) is 10.0 Å². The average molecular weight is 461 g/mol. The van der Waals surface area contributed by atoms with E-state index in [0.29, 0.717) is 17.2 Å². The van der Waals surface area contributed by atoms with Gasteiger partial charge >= 0.3 is 0 Å². The maximum Gasteiger partial charge on any atom is 0.263 e. The van der Waals surface area contributed by atoms with E-state index in [2.05, 4.69) is 20.5 Å². The molecule has 0 aliphatic heterocycles. The van der Waals surface area contributed by atoms with Gasteiger partial charge < -0.3 is 19.9 Å². The van der Waals surface area contributed by atoms with Gasteiger partial charge in [-0.1, -0.05) is 17.3 Å². The summed E-state index contributed by atoms with van der Waals surface area (Å²) >= 11 is 5.15. The number of aromatic nitrogens is 1. The Hall–Kier alpha value is -3.44. The Kier molecular flexibility index (Phi) is 6.88. The van der Waals surface area contributed by atoms with E-state index in [1.165, 1.54) is 30.3 Å². The molecule has 3 N–H and O–H groups in total. The molecule has 0 saturated carbocycles. The predicted octanol–water partition coefficient (Wildman–Crippen LogP) is 2.85. The number of nitrogens with one attached hydrogen (secondary N) is 3. The molecule has 0 fully saturated rings. The molecule has 1 aromatic heterocycles. The third-order valence-corrected chi connectivity index (χ3v) is 5.64. The summed E-state index contributed by atoms with van der Waals surface area (Å²) in [5.41, 5.74) is 1.33. The number of nitrogens with zero attached hydrogens (tertiary/aromatic N) is 1. The largest absolute Gasteiger partial charge is 0.497 e. The van der Waals surface area contributed by atoms with Crippen LogP contribution in [0.25, 0.3) is 0 Å². The van der Waals surface area contributed by atoms with Crippen LogP contribution in [-0.2, 0) is 21.2 Å². The molecule has 1 heterocycles. The Morgan fingerprint density at radius 1 is 1.13 bits per heavy atom. The van der Waals surface area contributed by atoms with Crippen LogP contribution in [0.5, 0.6) is 5.75 Å². The highest BCUT2D eigenvalue weighted by Crippen LogP contribution is 2.18. The molecule has 3 aromatic rings. The summed E-state index contributed by atoms with van der Waals surface area (Å²) < 4.78 is 37.1. The summed E-state index contributed by atoms with van der Waals surface area (Å²) in [4.78, 5) is 12.2. The van der Waals surface area contributed by atoms with Gasteiger partial charge in [0.1, 0.15) is 11.5 Å². The second-order valence-corrected chi connectivity index (χ2v) is 8.57. The molecular formula is C20H20N4O5S2. The summed E-state index contributed by atoms with van der Waals surface area (Å²) in [6.45, 7) is 1.66. The third-order valence-electron chi connectivity index (χ3n) is 4.07. The van der Waals surface area contributed by atoms with Crippen LogP contribution in [0.4, 0.5) is 11.5 Å². The fourth-order valence-electron chi connectivity index (χ4n) is 2.59. The lowest BCUT2D eigenvalue weighted by Crippen LogP contribution is -2.35. The molecule has 1 amide bonds. The average Bonchev–Trinajstić information content (AvgIpc) is 3.12. The van der Waals surface area contributed by atoms with Crippen LogP contribution in [0.15, 0.2) is 64.0 Å². The van der Waals surface area contributed by atoms with E-state index in [1.54, 1.807) is 38.3 Å². The number of methoxy groups -OCH3 is 1. The number of aryl methyl sites for hydroxylation is 1. The van der Waals surface area contributed by atoms with E-state index >= 15 is 0 Å². The van der Waals surface area contributed by atoms with Crippen LogP contribution >= 0.6 is 12.2 Å². The van der Waals surface area contributed by atoms with Gasteiger partial charge in [0, 0.05) is 11.8 Å². The highest BCUT2D eigenvalue weighted by atomic mass is 32.2. The summed E-state index contributed by atoms with van der Waals surface area (Å²) in [6, 6.07) is 14.5. The molecule has 0 unspecified atom stereocenters. The summed E-state index contributed by atoms with van der Waals surface area (Å²) in [5.74, 6) is 1.01. The molecule has 0 atom stereocenters. The lowest BCUT2D eigenvalue weighted by atomic mass is 10.1. The van der Waals surface area contributed by atoms with Crippen LogP contribution in [-0.4, -0.2) is 31.7 Å². The Bertz CT molecular complexity index is 1170. The zero-order valence-electron chi connectivity index (χ0n) is 16.7. The third kappa shape index (κ3) is 6.27. The van der Waals surface area contributed by atoms with E-state index < -0.39 is 10.0 Å². The minimum absolute atomic E-state index is 0.0353. The van der Waals surface area contributed by atoms with Crippen molar-refractivity contribution in [3.63, 3.8) is 0 Å². The molecule has 11 heteroatoms. The lowest BCUT2D eigenvalue weighted by Gasteiger charge is -2.11. The molecule has 31 heavy (non-hydrogen) atoms. The van der Waals surface area contributed by atoms with E-state index in [9.17, 15) is 13.2 Å². The molecule has 162 valence electrons. The normalized spacial score (nSPS) is 10.9. The van der Waals surface area contributed by atoms with E-state index in [-0.39, 0.29) is 28.2 Å². The number of sulfonamides is 1. The Morgan fingerprint density at radius 2 is 1.81 bits per heavy atom. The minimum atomic E-state index is -3.82. The van der Waals surface area contributed by atoms with Crippen molar-refractivity contribution in [3.8, 4) is 5.75 Å². The van der Waals surface area contributed by atoms with Crippen molar-refractivity contribution >= 4 is 44.8 Å². The predicted molar refractivity (Wildman–Crippen MR) is 120 cm³/mol. The first-order valence-electron chi connectivity index (χ1n) is 9.05. The number of amides is 1. The highest BCUT2D eigenvalue weighted by molar-refractivity contribution is 7.92. The monoisotopic (exact) mass is 460 g/mol. The molecule has 0 spiro atoms. The number of thiocarbonyl (C=S) groups is 1. The zero-order chi connectivity index (χ0) is 22.4. The van der Waals surface area contributed by atoms with E-state index in [1.807, 2.05) is 0 Å². The second-order valence-electron chi connectivity index (χ2n) is 6.48. The number of hydrogen-bond donors (Lipinski definition) is 3.